The van der Waals surface area contributed by atoms with Crippen molar-refractivity contribution in [3.63, 3.8) is 0 Å². The number of rotatable bonds is 5. The molecule has 1 rings (SSSR count). The lowest BCUT2D eigenvalue weighted by Crippen LogP contribution is -2.17. The van der Waals surface area contributed by atoms with Gasteiger partial charge in [-0.15, -0.1) is 0 Å². The average molecular weight is 334 g/mol. The van der Waals surface area contributed by atoms with E-state index in [2.05, 4.69) is 46.9 Å². The predicted molar refractivity (Wildman–Crippen MR) is 74.3 cm³/mol. The summed E-state index contributed by atoms with van der Waals surface area (Å²) in [7, 11) is 0. The van der Waals surface area contributed by atoms with Gasteiger partial charge in [-0.05, 0) is 62.4 Å². The lowest BCUT2D eigenvalue weighted by Gasteiger charge is -2.23. The summed E-state index contributed by atoms with van der Waals surface area (Å²) in [6.45, 7) is 8.07. The summed E-state index contributed by atoms with van der Waals surface area (Å²) in [5, 5.41) is 0. The lowest BCUT2D eigenvalue weighted by molar-refractivity contribution is -0.185. The molecule has 0 aliphatic heterocycles. The summed E-state index contributed by atoms with van der Waals surface area (Å²) in [5.41, 5.74) is 1.07. The van der Waals surface area contributed by atoms with Crippen LogP contribution in [0.5, 0.6) is 0 Å². The number of halogens is 1. The van der Waals surface area contributed by atoms with Gasteiger partial charge in [0, 0.05) is 9.13 Å². The van der Waals surface area contributed by atoms with Crippen molar-refractivity contribution >= 4 is 22.6 Å². The van der Waals surface area contributed by atoms with Crippen LogP contribution >= 0.6 is 22.6 Å². The zero-order valence-electron chi connectivity index (χ0n) is 10.2. The van der Waals surface area contributed by atoms with Crippen LogP contribution in [-0.4, -0.2) is 12.2 Å². The van der Waals surface area contributed by atoms with Gasteiger partial charge in [0.25, 0.3) is 0 Å². The third-order valence-electron chi connectivity index (χ3n) is 1.93. The zero-order chi connectivity index (χ0) is 12.1. The summed E-state index contributed by atoms with van der Waals surface area (Å²) < 4.78 is 12.7. The molecule has 0 bridgehead atoms. The van der Waals surface area contributed by atoms with Crippen molar-refractivity contribution in [2.75, 3.05) is 0 Å². The molecule has 0 aromatic heterocycles. The molecule has 0 spiro atoms. The van der Waals surface area contributed by atoms with Crippen LogP contribution in [0.4, 0.5) is 0 Å². The maximum atomic E-state index is 5.76. The lowest BCUT2D eigenvalue weighted by atomic mass is 10.2. The Labute approximate surface area is 111 Å². The Bertz CT molecular complexity index is 296. The summed E-state index contributed by atoms with van der Waals surface area (Å²) in [4.78, 5) is 0. The van der Waals surface area contributed by atoms with Gasteiger partial charge in [0.2, 0.25) is 0 Å². The van der Waals surface area contributed by atoms with Crippen LogP contribution < -0.4 is 0 Å². The van der Waals surface area contributed by atoms with E-state index < -0.39 is 0 Å². The van der Waals surface area contributed by atoms with Crippen molar-refractivity contribution in [3.8, 4) is 0 Å². The van der Waals surface area contributed by atoms with Gasteiger partial charge in [-0.3, -0.25) is 0 Å². The maximum absolute atomic E-state index is 5.76. The fourth-order valence-electron chi connectivity index (χ4n) is 1.30. The number of benzene rings is 1. The molecular formula is C13H19IO2. The fourth-order valence-corrected chi connectivity index (χ4v) is 1.66. The van der Waals surface area contributed by atoms with Crippen molar-refractivity contribution in [1.82, 2.24) is 0 Å². The highest BCUT2D eigenvalue weighted by Gasteiger charge is 2.15. The molecule has 16 heavy (non-hydrogen) atoms. The SMILES string of the molecule is CC(C)OC(OC(C)C)c1ccc(I)cc1. The maximum Gasteiger partial charge on any atom is 0.184 e. The van der Waals surface area contributed by atoms with E-state index in [9.17, 15) is 0 Å². The second kappa shape index (κ2) is 6.57. The van der Waals surface area contributed by atoms with Gasteiger partial charge >= 0.3 is 0 Å². The van der Waals surface area contributed by atoms with Crippen molar-refractivity contribution in [1.29, 1.82) is 0 Å². The van der Waals surface area contributed by atoms with E-state index in [-0.39, 0.29) is 18.5 Å². The number of ether oxygens (including phenoxy) is 2. The normalized spacial score (nSPS) is 11.8. The second-order valence-corrected chi connectivity index (χ2v) is 5.50. The first-order valence-electron chi connectivity index (χ1n) is 5.55. The van der Waals surface area contributed by atoms with Crippen LogP contribution in [0.15, 0.2) is 24.3 Å². The third kappa shape index (κ3) is 4.80. The Morgan fingerprint density at radius 2 is 1.31 bits per heavy atom. The minimum absolute atomic E-state index is 0.156. The first-order valence-corrected chi connectivity index (χ1v) is 6.63. The summed E-state index contributed by atoms with van der Waals surface area (Å²) >= 11 is 2.29. The molecule has 0 aliphatic rings. The molecule has 0 radical (unpaired) electrons. The Morgan fingerprint density at radius 1 is 0.875 bits per heavy atom. The summed E-state index contributed by atoms with van der Waals surface area (Å²) in [5.74, 6) is 0. The van der Waals surface area contributed by atoms with Crippen LogP contribution in [0.3, 0.4) is 0 Å². The van der Waals surface area contributed by atoms with Crippen molar-refractivity contribution < 1.29 is 9.47 Å². The molecule has 0 saturated heterocycles. The van der Waals surface area contributed by atoms with Gasteiger partial charge in [0.1, 0.15) is 0 Å². The highest BCUT2D eigenvalue weighted by Crippen LogP contribution is 2.23. The minimum atomic E-state index is -0.267. The number of hydrogen-bond acceptors (Lipinski definition) is 2. The largest absolute Gasteiger partial charge is 0.346 e. The van der Waals surface area contributed by atoms with E-state index in [0.29, 0.717) is 0 Å². The third-order valence-corrected chi connectivity index (χ3v) is 2.65. The van der Waals surface area contributed by atoms with Crippen LogP contribution in [0.1, 0.15) is 39.5 Å². The molecular weight excluding hydrogens is 315 g/mol. The molecule has 1 aromatic rings. The van der Waals surface area contributed by atoms with E-state index in [0.717, 1.165) is 5.56 Å². The quantitative estimate of drug-likeness (QED) is 0.595. The van der Waals surface area contributed by atoms with Gasteiger partial charge in [-0.25, -0.2) is 0 Å². The molecule has 1 aromatic carbocycles. The Balaban J connectivity index is 2.78. The van der Waals surface area contributed by atoms with Crippen molar-refractivity contribution in [3.05, 3.63) is 33.4 Å². The van der Waals surface area contributed by atoms with Gasteiger partial charge in [-0.2, -0.15) is 0 Å². The Kier molecular flexibility index (Phi) is 5.72. The molecule has 90 valence electrons. The van der Waals surface area contributed by atoms with E-state index in [4.69, 9.17) is 9.47 Å². The van der Waals surface area contributed by atoms with E-state index in [1.54, 1.807) is 0 Å². The summed E-state index contributed by atoms with van der Waals surface area (Å²) in [6.07, 6.45) is 0.0445. The molecule has 0 aliphatic carbocycles. The van der Waals surface area contributed by atoms with Crippen LogP contribution in [-0.2, 0) is 9.47 Å². The summed E-state index contributed by atoms with van der Waals surface area (Å²) in [6, 6.07) is 8.24. The fraction of sp³-hybridized carbons (Fsp3) is 0.538. The highest BCUT2D eigenvalue weighted by molar-refractivity contribution is 14.1. The molecule has 0 atom stereocenters. The van der Waals surface area contributed by atoms with Crippen LogP contribution in [0.25, 0.3) is 0 Å². The highest BCUT2D eigenvalue weighted by atomic mass is 127. The van der Waals surface area contributed by atoms with Gasteiger partial charge in [0.05, 0.1) is 12.2 Å². The number of hydrogen-bond donors (Lipinski definition) is 0. The van der Waals surface area contributed by atoms with Gasteiger partial charge in [-0.1, -0.05) is 12.1 Å². The molecule has 0 amide bonds. The Hall–Kier alpha value is -0.130. The van der Waals surface area contributed by atoms with Crippen molar-refractivity contribution in [2.45, 2.75) is 46.2 Å². The van der Waals surface area contributed by atoms with Crippen molar-refractivity contribution in [2.24, 2.45) is 0 Å². The molecule has 0 unspecified atom stereocenters. The Morgan fingerprint density at radius 3 is 1.69 bits per heavy atom. The zero-order valence-corrected chi connectivity index (χ0v) is 12.4. The molecule has 3 heteroatoms. The first-order chi connectivity index (χ1) is 7.49. The standard InChI is InChI=1S/C13H19IO2/c1-9(2)15-13(16-10(3)4)11-5-7-12(14)8-6-11/h5-10,13H,1-4H3. The van der Waals surface area contributed by atoms with E-state index in [1.807, 2.05) is 27.7 Å². The monoisotopic (exact) mass is 334 g/mol. The average Bonchev–Trinajstić information content (AvgIpc) is 2.16. The first kappa shape index (κ1) is 13.9. The van der Waals surface area contributed by atoms with Gasteiger partial charge in [0.15, 0.2) is 6.29 Å². The minimum Gasteiger partial charge on any atom is -0.346 e. The van der Waals surface area contributed by atoms with Crippen LogP contribution in [0.2, 0.25) is 0 Å². The topological polar surface area (TPSA) is 18.5 Å². The van der Waals surface area contributed by atoms with Crippen LogP contribution in [0, 0.1) is 3.57 Å². The predicted octanol–water partition coefficient (Wildman–Crippen LogP) is 4.14. The molecule has 0 saturated carbocycles. The van der Waals surface area contributed by atoms with E-state index >= 15 is 0 Å². The smallest absolute Gasteiger partial charge is 0.184 e. The molecule has 0 heterocycles. The van der Waals surface area contributed by atoms with Gasteiger partial charge < -0.3 is 9.47 Å². The van der Waals surface area contributed by atoms with E-state index in [1.165, 1.54) is 3.57 Å². The molecule has 2 nitrogen and oxygen atoms in total. The molecule has 0 N–H and O–H groups in total. The second-order valence-electron chi connectivity index (χ2n) is 4.25. The molecule has 0 fully saturated rings.